The Kier molecular flexibility index (Phi) is 3.96. The zero-order valence-corrected chi connectivity index (χ0v) is 11.9. The Hall–Kier alpha value is -0.620. The van der Waals surface area contributed by atoms with Crippen LogP contribution in [0.2, 0.25) is 0 Å². The summed E-state index contributed by atoms with van der Waals surface area (Å²) in [6.07, 6.45) is 2.52. The van der Waals surface area contributed by atoms with Gasteiger partial charge in [0.25, 0.3) is 0 Å². The third-order valence-electron chi connectivity index (χ3n) is 3.55. The SMILES string of the molecule is CC(C)CCNC(=O)C1CN(S(=O)(=O)C2CC2)C1. The van der Waals surface area contributed by atoms with Crippen LogP contribution in [0.25, 0.3) is 0 Å². The fourth-order valence-corrected chi connectivity index (χ4v) is 3.95. The molecule has 18 heavy (non-hydrogen) atoms. The van der Waals surface area contributed by atoms with Crippen LogP contribution in [-0.4, -0.2) is 43.5 Å². The van der Waals surface area contributed by atoms with Crippen molar-refractivity contribution in [3.05, 3.63) is 0 Å². The fourth-order valence-electron chi connectivity index (χ4n) is 2.02. The molecular formula is C12H22N2O3S. The molecule has 1 heterocycles. The summed E-state index contributed by atoms with van der Waals surface area (Å²) >= 11 is 0. The first kappa shape index (κ1) is 13.8. The lowest BCUT2D eigenvalue weighted by Gasteiger charge is -2.37. The topological polar surface area (TPSA) is 66.5 Å². The van der Waals surface area contributed by atoms with Gasteiger partial charge in [0.05, 0.1) is 11.2 Å². The fraction of sp³-hybridized carbons (Fsp3) is 0.917. The van der Waals surface area contributed by atoms with Gasteiger partial charge in [0.1, 0.15) is 0 Å². The minimum absolute atomic E-state index is 0.00195. The van der Waals surface area contributed by atoms with E-state index in [4.69, 9.17) is 0 Å². The largest absolute Gasteiger partial charge is 0.356 e. The van der Waals surface area contributed by atoms with Crippen molar-refractivity contribution in [2.45, 2.75) is 38.4 Å². The molecule has 104 valence electrons. The molecule has 1 saturated heterocycles. The number of rotatable bonds is 6. The summed E-state index contributed by atoms with van der Waals surface area (Å²) in [5.74, 6) is 0.419. The zero-order chi connectivity index (χ0) is 13.3. The van der Waals surface area contributed by atoms with E-state index in [0.717, 1.165) is 19.3 Å². The van der Waals surface area contributed by atoms with Crippen molar-refractivity contribution in [2.75, 3.05) is 19.6 Å². The maximum atomic E-state index is 11.8. The van der Waals surface area contributed by atoms with Crippen LogP contribution in [0.1, 0.15) is 33.1 Å². The molecule has 1 N–H and O–H groups in total. The van der Waals surface area contributed by atoms with Crippen LogP contribution in [0.5, 0.6) is 0 Å². The van der Waals surface area contributed by atoms with Gasteiger partial charge in [-0.1, -0.05) is 13.8 Å². The van der Waals surface area contributed by atoms with Gasteiger partial charge >= 0.3 is 0 Å². The Balaban J connectivity index is 1.70. The Bertz CT molecular complexity index is 409. The van der Waals surface area contributed by atoms with Crippen LogP contribution in [0, 0.1) is 11.8 Å². The van der Waals surface area contributed by atoms with E-state index in [1.807, 2.05) is 0 Å². The third kappa shape index (κ3) is 3.03. The highest BCUT2D eigenvalue weighted by atomic mass is 32.2. The molecule has 5 nitrogen and oxygen atoms in total. The summed E-state index contributed by atoms with van der Waals surface area (Å²) in [7, 11) is -3.08. The van der Waals surface area contributed by atoms with Crippen molar-refractivity contribution in [1.29, 1.82) is 0 Å². The molecule has 0 radical (unpaired) electrons. The summed E-state index contributed by atoms with van der Waals surface area (Å²) in [5, 5.41) is 2.71. The molecule has 0 aromatic rings. The van der Waals surface area contributed by atoms with Crippen molar-refractivity contribution in [1.82, 2.24) is 9.62 Å². The summed E-state index contributed by atoms with van der Waals surface area (Å²) in [6, 6.07) is 0. The van der Waals surface area contributed by atoms with Gasteiger partial charge in [0, 0.05) is 19.6 Å². The maximum Gasteiger partial charge on any atom is 0.225 e. The predicted molar refractivity (Wildman–Crippen MR) is 69.5 cm³/mol. The molecule has 2 rings (SSSR count). The van der Waals surface area contributed by atoms with Crippen LogP contribution < -0.4 is 5.32 Å². The van der Waals surface area contributed by atoms with Gasteiger partial charge in [-0.05, 0) is 25.2 Å². The molecule has 0 atom stereocenters. The Morgan fingerprint density at radius 2 is 1.94 bits per heavy atom. The highest BCUT2D eigenvalue weighted by Gasteiger charge is 2.46. The molecule has 1 amide bonds. The number of nitrogens with zero attached hydrogens (tertiary/aromatic N) is 1. The maximum absolute atomic E-state index is 11.8. The zero-order valence-electron chi connectivity index (χ0n) is 11.1. The van der Waals surface area contributed by atoms with Gasteiger partial charge in [0.2, 0.25) is 15.9 Å². The van der Waals surface area contributed by atoms with Crippen molar-refractivity contribution in [3.63, 3.8) is 0 Å². The summed E-state index contributed by atoms with van der Waals surface area (Å²) < 4.78 is 25.1. The normalized spacial score (nSPS) is 21.9. The highest BCUT2D eigenvalue weighted by Crippen LogP contribution is 2.34. The van der Waals surface area contributed by atoms with E-state index in [9.17, 15) is 13.2 Å². The van der Waals surface area contributed by atoms with Crippen LogP contribution >= 0.6 is 0 Å². The van der Waals surface area contributed by atoms with Gasteiger partial charge in [0.15, 0.2) is 0 Å². The molecule has 0 aromatic heterocycles. The number of nitrogens with one attached hydrogen (secondary N) is 1. The lowest BCUT2D eigenvalue weighted by atomic mass is 10.0. The first-order valence-electron chi connectivity index (χ1n) is 6.68. The summed E-state index contributed by atoms with van der Waals surface area (Å²) in [6.45, 7) is 5.64. The molecule has 2 fully saturated rings. The van der Waals surface area contributed by atoms with E-state index in [-0.39, 0.29) is 17.1 Å². The molecule has 1 aliphatic heterocycles. The lowest BCUT2D eigenvalue weighted by Crippen LogP contribution is -2.56. The van der Waals surface area contributed by atoms with E-state index in [2.05, 4.69) is 19.2 Å². The number of hydrogen-bond acceptors (Lipinski definition) is 3. The monoisotopic (exact) mass is 274 g/mol. The molecule has 0 aromatic carbocycles. The minimum atomic E-state index is -3.08. The second-order valence-corrected chi connectivity index (χ2v) is 7.94. The molecule has 2 aliphatic rings. The number of amides is 1. The molecule has 1 aliphatic carbocycles. The van der Waals surface area contributed by atoms with Gasteiger partial charge in [-0.2, -0.15) is 4.31 Å². The van der Waals surface area contributed by atoms with Crippen LogP contribution in [0.3, 0.4) is 0 Å². The van der Waals surface area contributed by atoms with Crippen molar-refractivity contribution >= 4 is 15.9 Å². The summed E-state index contributed by atoms with van der Waals surface area (Å²) in [4.78, 5) is 11.7. The van der Waals surface area contributed by atoms with Gasteiger partial charge in [-0.25, -0.2) is 8.42 Å². The Labute approximate surface area is 109 Å². The molecule has 0 spiro atoms. The first-order valence-corrected chi connectivity index (χ1v) is 8.18. The van der Waals surface area contributed by atoms with Crippen LogP contribution in [0.15, 0.2) is 0 Å². The third-order valence-corrected chi connectivity index (χ3v) is 5.88. The standard InChI is InChI=1S/C12H22N2O3S/c1-9(2)5-6-13-12(15)10-7-14(8-10)18(16,17)11-3-4-11/h9-11H,3-8H2,1-2H3,(H,13,15). The van der Waals surface area contributed by atoms with E-state index in [0.29, 0.717) is 25.6 Å². The number of hydrogen-bond donors (Lipinski definition) is 1. The quantitative estimate of drug-likeness (QED) is 0.770. The number of sulfonamides is 1. The molecule has 1 saturated carbocycles. The van der Waals surface area contributed by atoms with Crippen molar-refractivity contribution in [3.8, 4) is 0 Å². The van der Waals surface area contributed by atoms with Crippen molar-refractivity contribution < 1.29 is 13.2 Å². The average molecular weight is 274 g/mol. The van der Waals surface area contributed by atoms with Gasteiger partial charge in [-0.3, -0.25) is 4.79 Å². The van der Waals surface area contributed by atoms with E-state index in [1.54, 1.807) is 0 Å². The predicted octanol–water partition coefficient (Wildman–Crippen LogP) is 0.573. The van der Waals surface area contributed by atoms with E-state index >= 15 is 0 Å². The molecular weight excluding hydrogens is 252 g/mol. The molecule has 6 heteroatoms. The average Bonchev–Trinajstić information content (AvgIpc) is 2.96. The smallest absolute Gasteiger partial charge is 0.225 e. The second-order valence-electron chi connectivity index (χ2n) is 5.73. The summed E-state index contributed by atoms with van der Waals surface area (Å²) in [5.41, 5.74) is 0. The Morgan fingerprint density at radius 1 is 1.33 bits per heavy atom. The van der Waals surface area contributed by atoms with Gasteiger partial charge < -0.3 is 5.32 Å². The van der Waals surface area contributed by atoms with E-state index < -0.39 is 10.0 Å². The van der Waals surface area contributed by atoms with Gasteiger partial charge in [-0.15, -0.1) is 0 Å². The Morgan fingerprint density at radius 3 is 2.44 bits per heavy atom. The highest BCUT2D eigenvalue weighted by molar-refractivity contribution is 7.90. The van der Waals surface area contributed by atoms with E-state index in [1.165, 1.54) is 4.31 Å². The number of carbonyl (C=O) groups excluding carboxylic acids is 1. The van der Waals surface area contributed by atoms with Crippen molar-refractivity contribution in [2.24, 2.45) is 11.8 Å². The molecule has 0 bridgehead atoms. The minimum Gasteiger partial charge on any atom is -0.356 e. The number of carbonyl (C=O) groups is 1. The lowest BCUT2D eigenvalue weighted by molar-refractivity contribution is -0.128. The van der Waals surface area contributed by atoms with Crippen LogP contribution in [0.4, 0.5) is 0 Å². The molecule has 0 unspecified atom stereocenters. The first-order chi connectivity index (χ1) is 8.41. The second kappa shape index (κ2) is 5.17. The van der Waals surface area contributed by atoms with Crippen LogP contribution in [-0.2, 0) is 14.8 Å².